The maximum absolute atomic E-state index is 13.1. The number of halogens is 6. The Balaban J connectivity index is 1.41. The molecule has 0 radical (unpaired) electrons. The Hall–Kier alpha value is -1.94. The number of esters is 4. The second-order valence-electron chi connectivity index (χ2n) is 12.1. The highest BCUT2D eigenvalue weighted by Crippen LogP contribution is 2.42. The second-order valence-corrected chi connectivity index (χ2v) is 14.4. The molecule has 0 aromatic heterocycles. The van der Waals surface area contributed by atoms with Crippen LogP contribution < -0.4 is 9.47 Å². The van der Waals surface area contributed by atoms with Gasteiger partial charge in [0.25, 0.3) is 0 Å². The Labute approximate surface area is 309 Å². The molecule has 2 aliphatic rings. The zero-order valence-electron chi connectivity index (χ0n) is 26.2. The molecule has 0 N–H and O–H groups in total. The molecule has 0 heterocycles. The molecule has 2 saturated carbocycles. The van der Waals surface area contributed by atoms with Gasteiger partial charge in [0.15, 0.2) is 11.5 Å². The van der Waals surface area contributed by atoms with E-state index in [1.165, 1.54) is 51.4 Å². The first-order valence-corrected chi connectivity index (χ1v) is 18.4. The van der Waals surface area contributed by atoms with Crippen LogP contribution >= 0.6 is 69.6 Å². The molecule has 2 aromatic rings. The van der Waals surface area contributed by atoms with Crippen LogP contribution in [0.2, 0.25) is 30.1 Å². The van der Waals surface area contributed by atoms with Gasteiger partial charge in [-0.15, -0.1) is 0 Å². The van der Waals surface area contributed by atoms with Crippen molar-refractivity contribution in [2.45, 2.75) is 89.9 Å². The van der Waals surface area contributed by atoms with Gasteiger partial charge in [-0.2, -0.15) is 0 Å². The summed E-state index contributed by atoms with van der Waals surface area (Å²) in [4.78, 5) is 52.0. The van der Waals surface area contributed by atoms with Crippen molar-refractivity contribution in [2.24, 2.45) is 11.8 Å². The second kappa shape index (κ2) is 18.9. The van der Waals surface area contributed by atoms with Gasteiger partial charge in [-0.3, -0.25) is 0 Å². The number of rotatable bonds is 14. The van der Waals surface area contributed by atoms with Gasteiger partial charge in [-0.05, 0) is 49.7 Å². The summed E-state index contributed by atoms with van der Waals surface area (Å²) < 4.78 is 21.1. The number of carbonyl (C=O) groups is 4. The number of carbonyl (C=O) groups excluding carboxylic acids is 4. The van der Waals surface area contributed by atoms with Gasteiger partial charge >= 0.3 is 23.9 Å². The molecular weight excluding hydrogens is 749 g/mol. The van der Waals surface area contributed by atoms with Crippen LogP contribution in [0.3, 0.4) is 0 Å². The van der Waals surface area contributed by atoms with Gasteiger partial charge in [-0.1, -0.05) is 134 Å². The highest BCUT2D eigenvalue weighted by molar-refractivity contribution is 6.47. The van der Waals surface area contributed by atoms with Gasteiger partial charge in [0.05, 0.1) is 43.3 Å². The van der Waals surface area contributed by atoms with Crippen LogP contribution in [0.25, 0.3) is 0 Å². The quantitative estimate of drug-likeness (QED) is 0.0613. The molecule has 0 spiro atoms. The summed E-state index contributed by atoms with van der Waals surface area (Å²) in [6.45, 7) is 0.160. The van der Waals surface area contributed by atoms with E-state index in [2.05, 4.69) is 0 Å². The van der Waals surface area contributed by atoms with Gasteiger partial charge < -0.3 is 18.9 Å². The standard InChI is InChI=1S/C34H36Cl6O8/c35-21-17-23(37)29(25(27(21)39)31(41)45-15-7-5-13-19-9-1-2-10-19)47-33(43)34(44)48-30-24(38)18-22(36)28(40)26(30)32(42)46-16-8-6-14-20-11-3-4-12-20/h17-20H,1-16H2. The zero-order chi connectivity index (χ0) is 34.8. The molecule has 48 heavy (non-hydrogen) atoms. The summed E-state index contributed by atoms with van der Waals surface area (Å²) in [7, 11) is 0. The van der Waals surface area contributed by atoms with Crippen LogP contribution in [0, 0.1) is 11.8 Å². The largest absolute Gasteiger partial charge is 0.462 e. The van der Waals surface area contributed by atoms with Crippen molar-refractivity contribution >= 4 is 93.5 Å². The fourth-order valence-electron chi connectivity index (χ4n) is 6.13. The molecule has 0 aliphatic heterocycles. The topological polar surface area (TPSA) is 105 Å². The van der Waals surface area contributed by atoms with E-state index >= 15 is 0 Å². The molecule has 14 heteroatoms. The Morgan fingerprint density at radius 3 is 1.25 bits per heavy atom. The van der Waals surface area contributed by atoms with Gasteiger partial charge in [-0.25, -0.2) is 19.2 Å². The maximum atomic E-state index is 13.1. The van der Waals surface area contributed by atoms with Crippen molar-refractivity contribution in [1.29, 1.82) is 0 Å². The number of ether oxygens (including phenoxy) is 4. The van der Waals surface area contributed by atoms with Gasteiger partial charge in [0.1, 0.15) is 11.1 Å². The third kappa shape index (κ3) is 10.5. The Kier molecular flexibility index (Phi) is 15.3. The van der Waals surface area contributed by atoms with Crippen molar-refractivity contribution < 1.29 is 38.1 Å². The monoisotopic (exact) mass is 782 g/mol. The van der Waals surface area contributed by atoms with Crippen LogP contribution in [0.5, 0.6) is 11.5 Å². The Morgan fingerprint density at radius 1 is 0.542 bits per heavy atom. The number of benzene rings is 2. The first kappa shape index (κ1) is 38.9. The Bertz CT molecular complexity index is 1390. The van der Waals surface area contributed by atoms with Crippen molar-refractivity contribution in [2.75, 3.05) is 13.2 Å². The van der Waals surface area contributed by atoms with Crippen LogP contribution in [-0.4, -0.2) is 37.1 Å². The average Bonchev–Trinajstić information content (AvgIpc) is 3.77. The predicted octanol–water partition coefficient (Wildman–Crippen LogP) is 11.2. The summed E-state index contributed by atoms with van der Waals surface area (Å²) in [5.74, 6) is -4.91. The lowest BCUT2D eigenvalue weighted by Gasteiger charge is -2.16. The molecule has 0 atom stereocenters. The summed E-state index contributed by atoms with van der Waals surface area (Å²) in [5, 5.41) is -1.42. The highest BCUT2D eigenvalue weighted by Gasteiger charge is 2.32. The summed E-state index contributed by atoms with van der Waals surface area (Å²) >= 11 is 37.4. The third-order valence-corrected chi connectivity index (χ3v) is 10.8. The number of hydrogen-bond acceptors (Lipinski definition) is 8. The summed E-state index contributed by atoms with van der Waals surface area (Å²) in [6.07, 6.45) is 15.0. The molecular formula is C34H36Cl6O8. The number of hydrogen-bond donors (Lipinski definition) is 0. The van der Waals surface area contributed by atoms with Crippen molar-refractivity contribution in [3.8, 4) is 11.5 Å². The molecule has 4 rings (SSSR count). The minimum Gasteiger partial charge on any atom is -0.462 e. The first-order valence-electron chi connectivity index (χ1n) is 16.1. The molecule has 2 fully saturated rings. The van der Waals surface area contributed by atoms with Gasteiger partial charge in [0, 0.05) is 0 Å². The van der Waals surface area contributed by atoms with E-state index in [4.69, 9.17) is 88.6 Å². The van der Waals surface area contributed by atoms with Crippen molar-refractivity contribution in [3.63, 3.8) is 0 Å². The van der Waals surface area contributed by atoms with Crippen LogP contribution in [0.4, 0.5) is 0 Å². The van der Waals surface area contributed by atoms with E-state index < -0.39 is 46.5 Å². The third-order valence-electron chi connectivity index (χ3n) is 8.65. The molecule has 0 unspecified atom stereocenters. The van der Waals surface area contributed by atoms with Crippen molar-refractivity contribution in [3.05, 3.63) is 53.4 Å². The van der Waals surface area contributed by atoms with E-state index in [9.17, 15) is 19.2 Å². The molecule has 0 bridgehead atoms. The molecule has 0 saturated heterocycles. The van der Waals surface area contributed by atoms with Crippen molar-refractivity contribution in [1.82, 2.24) is 0 Å². The minimum atomic E-state index is -1.63. The normalized spacial score (nSPS) is 15.0. The van der Waals surface area contributed by atoms with E-state index in [0.29, 0.717) is 24.7 Å². The van der Waals surface area contributed by atoms with Crippen LogP contribution in [-0.2, 0) is 19.1 Å². The van der Waals surface area contributed by atoms with E-state index in [-0.39, 0.29) is 43.3 Å². The fraction of sp³-hybridized carbons (Fsp3) is 0.529. The maximum Gasteiger partial charge on any atom is 0.423 e. The summed E-state index contributed by atoms with van der Waals surface area (Å²) in [5.41, 5.74) is -0.897. The lowest BCUT2D eigenvalue weighted by Crippen LogP contribution is -2.27. The average molecular weight is 785 g/mol. The molecule has 0 amide bonds. The highest BCUT2D eigenvalue weighted by atomic mass is 35.5. The lowest BCUT2D eigenvalue weighted by molar-refractivity contribution is -0.156. The molecule has 2 aromatic carbocycles. The van der Waals surface area contributed by atoms with E-state index in [1.807, 2.05) is 0 Å². The number of unbranched alkanes of at least 4 members (excludes halogenated alkanes) is 2. The lowest BCUT2D eigenvalue weighted by atomic mass is 10.0. The zero-order valence-corrected chi connectivity index (χ0v) is 30.7. The smallest absolute Gasteiger partial charge is 0.423 e. The fourth-order valence-corrected chi connectivity index (χ4v) is 7.57. The Morgan fingerprint density at radius 2 is 0.896 bits per heavy atom. The van der Waals surface area contributed by atoms with Gasteiger partial charge in [0.2, 0.25) is 0 Å². The predicted molar refractivity (Wildman–Crippen MR) is 186 cm³/mol. The van der Waals surface area contributed by atoms with Crippen LogP contribution in [0.1, 0.15) is 111 Å². The summed E-state index contributed by atoms with van der Waals surface area (Å²) in [6, 6.07) is 2.27. The molecule has 262 valence electrons. The molecule has 2 aliphatic carbocycles. The SMILES string of the molecule is O=C(Oc1c(Cl)cc(Cl)c(Cl)c1C(=O)OCCCCC1CCCC1)C(=O)Oc1c(Cl)cc(Cl)c(Cl)c1C(=O)OCCCCC1CCCC1. The molecule has 8 nitrogen and oxygen atoms in total. The van der Waals surface area contributed by atoms with E-state index in [0.717, 1.165) is 37.8 Å². The van der Waals surface area contributed by atoms with E-state index in [1.54, 1.807) is 0 Å². The first-order chi connectivity index (χ1) is 23.0. The minimum absolute atomic E-state index is 0.0800. The van der Waals surface area contributed by atoms with Crippen LogP contribution in [0.15, 0.2) is 12.1 Å².